The van der Waals surface area contributed by atoms with Gasteiger partial charge in [0.1, 0.15) is 5.82 Å². The summed E-state index contributed by atoms with van der Waals surface area (Å²) in [6.45, 7) is 1.80. The van der Waals surface area contributed by atoms with Crippen LogP contribution >= 0.6 is 0 Å². The monoisotopic (exact) mass is 410 g/mol. The van der Waals surface area contributed by atoms with Crippen molar-refractivity contribution in [1.29, 1.82) is 0 Å². The fraction of sp³-hybridized carbons (Fsp3) is 0.125. The minimum absolute atomic E-state index is 0. The van der Waals surface area contributed by atoms with Gasteiger partial charge >= 0.3 is 0 Å². The molecule has 0 aliphatic heterocycles. The summed E-state index contributed by atoms with van der Waals surface area (Å²) >= 11 is 0. The van der Waals surface area contributed by atoms with E-state index in [-0.39, 0.29) is 98.1 Å². The van der Waals surface area contributed by atoms with Crippen LogP contribution in [-0.2, 0) is 98.1 Å². The minimum Gasteiger partial charge on any atom is -0.357 e. The Hall–Kier alpha value is 1.80. The predicted octanol–water partition coefficient (Wildman–Crippen LogP) is 0.926. The van der Waals surface area contributed by atoms with Gasteiger partial charge in [0.2, 0.25) is 0 Å². The van der Waals surface area contributed by atoms with Crippen LogP contribution < -0.4 is 0 Å². The van der Waals surface area contributed by atoms with Crippen molar-refractivity contribution in [3.63, 3.8) is 0 Å². The zero-order valence-corrected chi connectivity index (χ0v) is 16.2. The number of fused-ring (bicyclic) bond motifs is 1. The van der Waals surface area contributed by atoms with E-state index >= 15 is 0 Å². The summed E-state index contributed by atoms with van der Waals surface area (Å²) in [5.74, 6) is 0.667. The van der Waals surface area contributed by atoms with Gasteiger partial charge in [-0.15, -0.1) is 11.0 Å². The van der Waals surface area contributed by atoms with E-state index in [1.807, 2.05) is 0 Å². The van der Waals surface area contributed by atoms with Crippen LogP contribution in [0.2, 0.25) is 0 Å². The molecule has 1 aromatic carbocycles. The van der Waals surface area contributed by atoms with Crippen molar-refractivity contribution in [3.05, 3.63) is 30.1 Å². The maximum absolute atomic E-state index is 4.13. The van der Waals surface area contributed by atoms with Gasteiger partial charge in [-0.25, -0.2) is 0 Å². The van der Waals surface area contributed by atoms with Crippen molar-refractivity contribution >= 4 is 11.0 Å². The molecule has 0 atom stereocenters. The van der Waals surface area contributed by atoms with E-state index in [0.29, 0.717) is 5.82 Å². The van der Waals surface area contributed by atoms with E-state index in [1.165, 1.54) is 0 Å². The molecule has 1 heterocycles. The molecule has 3 nitrogen and oxygen atoms in total. The molecule has 0 amide bonds. The molecule has 0 saturated heterocycles. The van der Waals surface area contributed by atoms with Crippen molar-refractivity contribution in [1.82, 2.24) is 15.2 Å². The van der Waals surface area contributed by atoms with E-state index < -0.39 is 0 Å². The molecule has 63 valence electrons. The molecule has 0 unspecified atom stereocenters. The molecule has 0 spiro atoms. The molecule has 14 heavy (non-hydrogen) atoms. The van der Waals surface area contributed by atoms with Crippen molar-refractivity contribution in [3.8, 4) is 0 Å². The van der Waals surface area contributed by atoms with E-state index in [2.05, 4.69) is 27.3 Å². The Morgan fingerprint density at radius 2 is 1.86 bits per heavy atom. The molecule has 2 aromatic rings. The zero-order valence-electron chi connectivity index (χ0n) is 7.73. The zero-order chi connectivity index (χ0) is 7.68. The molecule has 6 heteroatoms. The summed E-state index contributed by atoms with van der Waals surface area (Å²) in [7, 11) is 0. The summed E-state index contributed by atoms with van der Waals surface area (Å²) < 4.78 is 0. The average Bonchev–Trinajstić information content (AvgIpc) is 2.04. The van der Waals surface area contributed by atoms with Gasteiger partial charge in [-0.05, 0) is 6.92 Å². The molecular formula is C8H5N3Y3-2. The fourth-order valence-electron chi connectivity index (χ4n) is 0.849. The van der Waals surface area contributed by atoms with Gasteiger partial charge in [0, 0.05) is 98.1 Å². The minimum atomic E-state index is 0. The number of hydrogen-bond donors (Lipinski definition) is 0. The summed E-state index contributed by atoms with van der Waals surface area (Å²) in [4.78, 5) is 4.13. The van der Waals surface area contributed by atoms with E-state index in [0.717, 1.165) is 11.0 Å². The number of hydrogen-bond acceptors (Lipinski definition) is 3. The topological polar surface area (TPSA) is 38.7 Å². The van der Waals surface area contributed by atoms with Crippen LogP contribution in [-0.4, -0.2) is 15.2 Å². The molecule has 0 fully saturated rings. The quantitative estimate of drug-likeness (QED) is 0.608. The van der Waals surface area contributed by atoms with Crippen LogP contribution in [0.3, 0.4) is 0 Å². The van der Waals surface area contributed by atoms with Crippen molar-refractivity contribution < 1.29 is 98.1 Å². The number of aromatic nitrogens is 3. The maximum atomic E-state index is 4.13. The molecule has 2 rings (SSSR count). The first kappa shape index (κ1) is 18.2. The standard InChI is InChI=1S/C8H5N3.3Y/c1-6-9-7-4-2-3-5-8(7)11-10-6;;;/h2,5H,1H3;;;/q-2;;;. The normalized spacial score (nSPS) is 8.07. The van der Waals surface area contributed by atoms with Gasteiger partial charge in [-0.2, -0.15) is 5.10 Å². The average molecular weight is 410 g/mol. The smallest absolute Gasteiger partial charge is 0.142 e. The Kier molecular flexibility index (Phi) is 11.6. The molecule has 0 aliphatic rings. The summed E-state index contributed by atoms with van der Waals surface area (Å²) in [6.07, 6.45) is 0. The van der Waals surface area contributed by atoms with Crippen molar-refractivity contribution in [2.24, 2.45) is 0 Å². The third kappa shape index (κ3) is 4.76. The fourth-order valence-corrected chi connectivity index (χ4v) is 0.849. The first-order valence-corrected chi connectivity index (χ1v) is 3.25. The molecule has 0 aliphatic carbocycles. The van der Waals surface area contributed by atoms with Crippen molar-refractivity contribution in [2.75, 3.05) is 0 Å². The Bertz CT molecular complexity index is 394. The predicted molar refractivity (Wildman–Crippen MR) is 39.7 cm³/mol. The van der Waals surface area contributed by atoms with Gasteiger partial charge in [0.15, 0.2) is 0 Å². The SMILES string of the molecule is Cc1nnc2c[c-]c[c-]c2n1.[Y].[Y].[Y]. The molecule has 0 N–H and O–H groups in total. The van der Waals surface area contributed by atoms with Crippen LogP contribution in [0.25, 0.3) is 11.0 Å². The largest absolute Gasteiger partial charge is 0.357 e. The van der Waals surface area contributed by atoms with E-state index in [4.69, 9.17) is 0 Å². The third-order valence-electron chi connectivity index (χ3n) is 1.33. The number of aryl methyl sites for hydroxylation is 1. The Morgan fingerprint density at radius 1 is 1.14 bits per heavy atom. The second-order valence-corrected chi connectivity index (χ2v) is 2.19. The Morgan fingerprint density at radius 3 is 2.57 bits per heavy atom. The number of nitrogens with zero attached hydrogens (tertiary/aromatic N) is 3. The van der Waals surface area contributed by atoms with Crippen molar-refractivity contribution in [2.45, 2.75) is 6.92 Å². The summed E-state index contributed by atoms with van der Waals surface area (Å²) in [5.41, 5.74) is 1.48. The molecule has 0 saturated carbocycles. The van der Waals surface area contributed by atoms with Gasteiger partial charge in [0.25, 0.3) is 0 Å². The second-order valence-electron chi connectivity index (χ2n) is 2.19. The summed E-state index contributed by atoms with van der Waals surface area (Å²) in [5, 5.41) is 7.71. The maximum Gasteiger partial charge on any atom is 0.142 e. The van der Waals surface area contributed by atoms with Crippen LogP contribution in [0.5, 0.6) is 0 Å². The van der Waals surface area contributed by atoms with E-state index in [1.54, 1.807) is 19.1 Å². The Balaban J connectivity index is 0. The first-order valence-electron chi connectivity index (χ1n) is 3.25. The number of rotatable bonds is 0. The van der Waals surface area contributed by atoms with Crippen LogP contribution in [0, 0.1) is 19.1 Å². The van der Waals surface area contributed by atoms with Gasteiger partial charge in [-0.3, -0.25) is 16.1 Å². The second kappa shape index (κ2) is 8.90. The Labute approximate surface area is 158 Å². The van der Waals surface area contributed by atoms with Crippen LogP contribution in [0.1, 0.15) is 5.82 Å². The third-order valence-corrected chi connectivity index (χ3v) is 1.33. The molecule has 0 bridgehead atoms. The number of benzene rings is 1. The van der Waals surface area contributed by atoms with E-state index in [9.17, 15) is 0 Å². The molecule has 1 aromatic heterocycles. The van der Waals surface area contributed by atoms with Crippen LogP contribution in [0.4, 0.5) is 0 Å². The summed E-state index contributed by atoms with van der Waals surface area (Å²) in [6, 6.07) is 9.21. The first-order chi connectivity index (χ1) is 5.36. The molecular weight excluding hydrogens is 405 g/mol. The molecule has 3 radical (unpaired) electrons. The van der Waals surface area contributed by atoms with Gasteiger partial charge in [0.05, 0.1) is 0 Å². The van der Waals surface area contributed by atoms with Gasteiger partial charge < -0.3 is 18.2 Å². The van der Waals surface area contributed by atoms with Gasteiger partial charge in [-0.1, -0.05) is 0 Å². The van der Waals surface area contributed by atoms with Crippen LogP contribution in [0.15, 0.2) is 12.1 Å².